The molecule has 0 aromatic heterocycles. The van der Waals surface area contributed by atoms with E-state index in [1.165, 1.54) is 42.5 Å². The highest BCUT2D eigenvalue weighted by Gasteiger charge is 2.63. The van der Waals surface area contributed by atoms with Gasteiger partial charge >= 0.3 is 5.97 Å². The van der Waals surface area contributed by atoms with E-state index in [1.54, 1.807) is 0 Å². The van der Waals surface area contributed by atoms with Crippen LogP contribution in [0.15, 0.2) is 42.5 Å². The van der Waals surface area contributed by atoms with Crippen LogP contribution in [0.5, 0.6) is 0 Å². The molecular weight excluding hydrogens is 324 g/mol. The maximum atomic E-state index is 12.2. The van der Waals surface area contributed by atoms with Crippen LogP contribution in [0.4, 0.5) is 11.4 Å². The molecule has 4 heteroatoms. The van der Waals surface area contributed by atoms with E-state index in [0.717, 1.165) is 19.3 Å². The van der Waals surface area contributed by atoms with Gasteiger partial charge in [-0.05, 0) is 61.1 Å². The molecule has 0 saturated heterocycles. The van der Waals surface area contributed by atoms with Gasteiger partial charge in [0.25, 0.3) is 0 Å². The number of hydrogen-bond acceptors (Lipinski definition) is 4. The molecule has 0 amide bonds. The molecule has 1 fully saturated rings. The van der Waals surface area contributed by atoms with Gasteiger partial charge in [0.1, 0.15) is 5.66 Å². The van der Waals surface area contributed by atoms with Gasteiger partial charge in [-0.1, -0.05) is 24.6 Å². The maximum absolute atomic E-state index is 12.2. The zero-order valence-electron chi connectivity index (χ0n) is 15.3. The Labute approximate surface area is 154 Å². The number of anilines is 2. The topological polar surface area (TPSA) is 41.6 Å². The standard InChI is InChI=1S/C22H24N2O2/c1-24-19-10-9-15(20(25)26-2)13-17(19)21-11-5-6-12-22(21,24)23-18-8-4-3-7-16(18)14-21/h3-4,7-10,13,23H,5-6,11-12,14H2,1-2H3/t21-,22+/m0/s1. The lowest BCUT2D eigenvalue weighted by molar-refractivity contribution is 0.0600. The molecule has 2 aliphatic heterocycles. The number of ether oxygens (including phenoxy) is 1. The molecule has 4 nitrogen and oxygen atoms in total. The first-order chi connectivity index (χ1) is 12.6. The smallest absolute Gasteiger partial charge is 0.337 e. The summed E-state index contributed by atoms with van der Waals surface area (Å²) in [5.41, 5.74) is 5.68. The van der Waals surface area contributed by atoms with Crippen molar-refractivity contribution in [3.8, 4) is 0 Å². The third-order valence-electron chi connectivity index (χ3n) is 6.90. The van der Waals surface area contributed by atoms with Crippen LogP contribution in [0.25, 0.3) is 0 Å². The van der Waals surface area contributed by atoms with Crippen molar-refractivity contribution < 1.29 is 9.53 Å². The lowest BCUT2D eigenvalue weighted by Gasteiger charge is -2.56. The van der Waals surface area contributed by atoms with Crippen LogP contribution in [-0.2, 0) is 16.6 Å². The van der Waals surface area contributed by atoms with Crippen molar-refractivity contribution in [1.82, 2.24) is 0 Å². The Morgan fingerprint density at radius 1 is 1.15 bits per heavy atom. The van der Waals surface area contributed by atoms with Gasteiger partial charge < -0.3 is 15.0 Å². The number of carbonyl (C=O) groups is 1. The number of rotatable bonds is 1. The lowest BCUT2D eigenvalue weighted by atomic mass is 9.59. The van der Waals surface area contributed by atoms with E-state index in [4.69, 9.17) is 4.74 Å². The number of benzene rings is 2. The summed E-state index contributed by atoms with van der Waals surface area (Å²) in [5.74, 6) is -0.260. The fourth-order valence-electron chi connectivity index (χ4n) is 5.70. The summed E-state index contributed by atoms with van der Waals surface area (Å²) in [6.45, 7) is 0. The molecule has 0 unspecified atom stereocenters. The molecule has 2 atom stereocenters. The Kier molecular flexibility index (Phi) is 3.18. The minimum atomic E-state index is -0.260. The minimum Gasteiger partial charge on any atom is -0.465 e. The van der Waals surface area contributed by atoms with Crippen molar-refractivity contribution in [2.45, 2.75) is 43.2 Å². The van der Waals surface area contributed by atoms with E-state index >= 15 is 0 Å². The van der Waals surface area contributed by atoms with E-state index in [9.17, 15) is 4.79 Å². The number of nitrogens with zero attached hydrogens (tertiary/aromatic N) is 1. The quantitative estimate of drug-likeness (QED) is 0.788. The first-order valence-electron chi connectivity index (χ1n) is 9.44. The van der Waals surface area contributed by atoms with Crippen LogP contribution >= 0.6 is 0 Å². The van der Waals surface area contributed by atoms with E-state index in [2.05, 4.69) is 53.7 Å². The largest absolute Gasteiger partial charge is 0.465 e. The Morgan fingerprint density at radius 2 is 1.96 bits per heavy atom. The van der Waals surface area contributed by atoms with Gasteiger partial charge in [-0.3, -0.25) is 0 Å². The zero-order chi connectivity index (χ0) is 17.9. The number of nitrogens with one attached hydrogen (secondary N) is 1. The Hall–Kier alpha value is -2.49. The lowest BCUT2D eigenvalue weighted by Crippen LogP contribution is -2.66. The van der Waals surface area contributed by atoms with Crippen LogP contribution in [0.2, 0.25) is 0 Å². The molecule has 134 valence electrons. The molecule has 1 N–H and O–H groups in total. The number of para-hydroxylation sites is 1. The molecule has 0 spiro atoms. The summed E-state index contributed by atoms with van der Waals surface area (Å²) in [7, 11) is 3.65. The summed E-state index contributed by atoms with van der Waals surface area (Å²) in [6.07, 6.45) is 5.70. The highest BCUT2D eigenvalue weighted by molar-refractivity contribution is 5.91. The van der Waals surface area contributed by atoms with Crippen LogP contribution in [0.1, 0.15) is 47.2 Å². The van der Waals surface area contributed by atoms with Crippen molar-refractivity contribution in [2.75, 3.05) is 24.4 Å². The van der Waals surface area contributed by atoms with Crippen LogP contribution in [0, 0.1) is 0 Å². The molecule has 1 saturated carbocycles. The second-order valence-corrected chi connectivity index (χ2v) is 7.89. The van der Waals surface area contributed by atoms with Crippen molar-refractivity contribution in [3.63, 3.8) is 0 Å². The normalized spacial score (nSPS) is 28.3. The fraction of sp³-hybridized carbons (Fsp3) is 0.409. The Bertz CT molecular complexity index is 909. The van der Waals surface area contributed by atoms with Crippen molar-refractivity contribution in [2.24, 2.45) is 0 Å². The first kappa shape index (κ1) is 15.7. The van der Waals surface area contributed by atoms with Gasteiger partial charge in [0.2, 0.25) is 0 Å². The average Bonchev–Trinajstić information content (AvgIpc) is 2.90. The summed E-state index contributed by atoms with van der Waals surface area (Å²) in [5, 5.41) is 3.93. The van der Waals surface area contributed by atoms with Crippen molar-refractivity contribution in [3.05, 3.63) is 59.2 Å². The predicted molar refractivity (Wildman–Crippen MR) is 103 cm³/mol. The van der Waals surface area contributed by atoms with Crippen molar-refractivity contribution in [1.29, 1.82) is 0 Å². The van der Waals surface area contributed by atoms with Gasteiger partial charge in [-0.15, -0.1) is 0 Å². The fourth-order valence-corrected chi connectivity index (χ4v) is 5.70. The SMILES string of the molecule is COC(=O)c1ccc2c(c1)[C@@]13CCCC[C@@]1(Nc1ccccc1C3)N2C. The second-order valence-electron chi connectivity index (χ2n) is 7.89. The number of hydrogen-bond donors (Lipinski definition) is 1. The van der Waals surface area contributed by atoms with Crippen LogP contribution < -0.4 is 10.2 Å². The average molecular weight is 348 g/mol. The van der Waals surface area contributed by atoms with Crippen LogP contribution in [0.3, 0.4) is 0 Å². The van der Waals surface area contributed by atoms with E-state index in [0.29, 0.717) is 5.56 Å². The van der Waals surface area contributed by atoms with Gasteiger partial charge in [0.15, 0.2) is 0 Å². The second kappa shape index (κ2) is 5.26. The predicted octanol–water partition coefficient (Wildman–Crippen LogP) is 4.10. The summed E-state index contributed by atoms with van der Waals surface area (Å²) < 4.78 is 4.98. The monoisotopic (exact) mass is 348 g/mol. The Balaban J connectivity index is 1.75. The zero-order valence-corrected chi connectivity index (χ0v) is 15.3. The number of fused-ring (bicyclic) bond motifs is 2. The molecule has 0 bridgehead atoms. The van der Waals surface area contributed by atoms with Gasteiger partial charge in [-0.2, -0.15) is 0 Å². The van der Waals surface area contributed by atoms with E-state index < -0.39 is 0 Å². The molecule has 0 radical (unpaired) electrons. The third-order valence-corrected chi connectivity index (χ3v) is 6.90. The molecule has 3 aliphatic rings. The van der Waals surface area contributed by atoms with E-state index in [1.807, 2.05) is 6.07 Å². The molecule has 5 rings (SSSR count). The highest BCUT2D eigenvalue weighted by atomic mass is 16.5. The number of likely N-dealkylation sites (N-methyl/N-ethyl adjacent to an activating group) is 1. The summed E-state index contributed by atoms with van der Waals surface area (Å²) >= 11 is 0. The molecule has 2 aromatic rings. The summed E-state index contributed by atoms with van der Waals surface area (Å²) in [6, 6.07) is 14.7. The number of carbonyl (C=O) groups excluding carboxylic acids is 1. The first-order valence-corrected chi connectivity index (χ1v) is 9.44. The molecule has 1 aliphatic carbocycles. The molecule has 2 heterocycles. The Morgan fingerprint density at radius 3 is 2.81 bits per heavy atom. The number of esters is 1. The molecular formula is C22H24N2O2. The highest BCUT2D eigenvalue weighted by Crippen LogP contribution is 2.61. The maximum Gasteiger partial charge on any atom is 0.337 e. The molecule has 2 aromatic carbocycles. The van der Waals surface area contributed by atoms with Gasteiger partial charge in [0.05, 0.1) is 12.7 Å². The third kappa shape index (κ3) is 1.77. The summed E-state index contributed by atoms with van der Waals surface area (Å²) in [4.78, 5) is 14.6. The molecule has 26 heavy (non-hydrogen) atoms. The van der Waals surface area contributed by atoms with Gasteiger partial charge in [-0.25, -0.2) is 4.79 Å². The van der Waals surface area contributed by atoms with Gasteiger partial charge in [0, 0.05) is 23.8 Å². The minimum absolute atomic E-state index is 0.00623. The van der Waals surface area contributed by atoms with E-state index in [-0.39, 0.29) is 17.0 Å². The number of methoxy groups -OCH3 is 1. The van der Waals surface area contributed by atoms with Crippen LogP contribution in [-0.4, -0.2) is 25.8 Å². The van der Waals surface area contributed by atoms with Crippen molar-refractivity contribution >= 4 is 17.3 Å².